The van der Waals surface area contributed by atoms with Crippen LogP contribution in [0.2, 0.25) is 0 Å². The molecule has 114 valence electrons. The molecule has 0 spiro atoms. The van der Waals surface area contributed by atoms with Gasteiger partial charge in [0.05, 0.1) is 6.61 Å². The number of methoxy groups -OCH3 is 1. The van der Waals surface area contributed by atoms with Crippen LogP contribution in [0.15, 0.2) is 29.2 Å². The number of rotatable bonds is 6. The number of hydrogen-bond donors (Lipinski definition) is 1. The second-order valence-corrected chi connectivity index (χ2v) is 7.41. The van der Waals surface area contributed by atoms with Gasteiger partial charge in [0.15, 0.2) is 0 Å². The lowest BCUT2D eigenvalue weighted by Gasteiger charge is -2.16. The molecule has 0 radical (unpaired) electrons. The Morgan fingerprint density at radius 3 is 2.67 bits per heavy atom. The largest absolute Gasteiger partial charge is 0.477 e. The summed E-state index contributed by atoms with van der Waals surface area (Å²) in [5.74, 6) is -1.24. The molecule has 0 unspecified atom stereocenters. The summed E-state index contributed by atoms with van der Waals surface area (Å²) in [7, 11) is -1.00. The maximum atomic E-state index is 12.7. The van der Waals surface area contributed by atoms with Gasteiger partial charge in [0, 0.05) is 30.8 Å². The van der Waals surface area contributed by atoms with E-state index in [2.05, 4.69) is 0 Å². The maximum Gasteiger partial charge on any atom is 0.347 e. The molecule has 2 aromatic rings. The van der Waals surface area contributed by atoms with Crippen molar-refractivity contribution in [1.29, 1.82) is 0 Å². The van der Waals surface area contributed by atoms with Gasteiger partial charge in [0.2, 0.25) is 10.0 Å². The van der Waals surface area contributed by atoms with Gasteiger partial charge in [-0.1, -0.05) is 18.2 Å². The van der Waals surface area contributed by atoms with Gasteiger partial charge >= 0.3 is 5.97 Å². The number of benzene rings is 1. The molecule has 1 heterocycles. The lowest BCUT2D eigenvalue weighted by Crippen LogP contribution is -2.30. The van der Waals surface area contributed by atoms with E-state index in [9.17, 15) is 18.3 Å². The first-order valence-electron chi connectivity index (χ1n) is 6.09. The molecule has 6 nitrogen and oxygen atoms in total. The number of sulfonamides is 1. The van der Waals surface area contributed by atoms with Crippen LogP contribution in [-0.2, 0) is 14.8 Å². The summed E-state index contributed by atoms with van der Waals surface area (Å²) < 4.78 is 31.9. The minimum absolute atomic E-state index is 0.144. The maximum absolute atomic E-state index is 12.7. The predicted molar refractivity (Wildman–Crippen MR) is 80.5 cm³/mol. The lowest BCUT2D eigenvalue weighted by atomic mass is 10.2. The minimum atomic E-state index is -3.89. The van der Waals surface area contributed by atoms with Crippen LogP contribution in [0.4, 0.5) is 0 Å². The van der Waals surface area contributed by atoms with E-state index in [1.165, 1.54) is 14.2 Å². The Hall–Kier alpha value is -1.48. The van der Waals surface area contributed by atoms with E-state index in [1.807, 2.05) is 0 Å². The van der Waals surface area contributed by atoms with E-state index >= 15 is 0 Å². The van der Waals surface area contributed by atoms with Crippen molar-refractivity contribution in [2.24, 2.45) is 0 Å². The molecule has 0 saturated heterocycles. The first-order chi connectivity index (χ1) is 9.89. The third kappa shape index (κ3) is 2.93. The fourth-order valence-electron chi connectivity index (χ4n) is 1.91. The first-order valence-corrected chi connectivity index (χ1v) is 8.35. The Morgan fingerprint density at radius 1 is 1.38 bits per heavy atom. The van der Waals surface area contributed by atoms with Crippen molar-refractivity contribution in [2.45, 2.75) is 4.90 Å². The molecule has 0 aliphatic rings. The molecule has 21 heavy (non-hydrogen) atoms. The van der Waals surface area contributed by atoms with Crippen molar-refractivity contribution in [3.63, 3.8) is 0 Å². The molecular formula is C13H15NO5S2. The zero-order chi connectivity index (χ0) is 15.6. The van der Waals surface area contributed by atoms with Crippen molar-refractivity contribution < 1.29 is 23.1 Å². The van der Waals surface area contributed by atoms with Crippen molar-refractivity contribution >= 4 is 37.4 Å². The highest BCUT2D eigenvalue weighted by Crippen LogP contribution is 2.35. The summed E-state index contributed by atoms with van der Waals surface area (Å²) in [6, 6.07) is 6.76. The van der Waals surface area contributed by atoms with E-state index in [0.717, 1.165) is 15.6 Å². The third-order valence-corrected chi connectivity index (χ3v) is 6.25. The number of likely N-dealkylation sites (N-methyl/N-ethyl adjacent to an activating group) is 1. The van der Waals surface area contributed by atoms with Crippen LogP contribution in [0.5, 0.6) is 0 Å². The number of carboxylic acid groups (broad SMARTS) is 1. The molecule has 0 bridgehead atoms. The van der Waals surface area contributed by atoms with Crippen LogP contribution in [-0.4, -0.2) is 51.1 Å². The Balaban J connectivity index is 2.63. The van der Waals surface area contributed by atoms with Gasteiger partial charge in [0.25, 0.3) is 0 Å². The Bertz CT molecular complexity index is 766. The number of thiophene rings is 1. The highest BCUT2D eigenvalue weighted by atomic mass is 32.2. The highest BCUT2D eigenvalue weighted by Gasteiger charge is 2.31. The smallest absolute Gasteiger partial charge is 0.347 e. The third-order valence-electron chi connectivity index (χ3n) is 3.02. The second-order valence-electron chi connectivity index (χ2n) is 4.38. The van der Waals surface area contributed by atoms with Crippen LogP contribution < -0.4 is 0 Å². The molecule has 1 aromatic heterocycles. The van der Waals surface area contributed by atoms with E-state index in [0.29, 0.717) is 10.1 Å². The standard InChI is InChI=1S/C13H15NO5S2/c1-14(7-8-19-2)21(17,18)12-9-5-3-4-6-10(9)20-11(12)13(15)16/h3-6H,7-8H2,1-2H3,(H,15,16). The summed E-state index contributed by atoms with van der Waals surface area (Å²) in [4.78, 5) is 11.1. The molecule has 1 N–H and O–H groups in total. The summed E-state index contributed by atoms with van der Waals surface area (Å²) in [5, 5.41) is 9.73. The van der Waals surface area contributed by atoms with E-state index in [-0.39, 0.29) is 22.9 Å². The number of carboxylic acids is 1. The summed E-state index contributed by atoms with van der Waals surface area (Å²) in [6.07, 6.45) is 0. The fraction of sp³-hybridized carbons (Fsp3) is 0.308. The number of ether oxygens (including phenoxy) is 1. The number of fused-ring (bicyclic) bond motifs is 1. The van der Waals surface area contributed by atoms with Gasteiger partial charge < -0.3 is 9.84 Å². The Labute approximate surface area is 126 Å². The molecule has 0 aliphatic carbocycles. The molecule has 2 rings (SSSR count). The topological polar surface area (TPSA) is 83.9 Å². The highest BCUT2D eigenvalue weighted by molar-refractivity contribution is 7.89. The van der Waals surface area contributed by atoms with Gasteiger partial charge in [-0.2, -0.15) is 4.31 Å². The molecule has 8 heteroatoms. The zero-order valence-corrected chi connectivity index (χ0v) is 13.2. The van der Waals surface area contributed by atoms with Gasteiger partial charge in [0.1, 0.15) is 9.77 Å². The van der Waals surface area contributed by atoms with Crippen LogP contribution in [0.3, 0.4) is 0 Å². The molecule has 0 atom stereocenters. The van der Waals surface area contributed by atoms with Crippen LogP contribution in [0, 0.1) is 0 Å². The van der Waals surface area contributed by atoms with E-state index in [4.69, 9.17) is 4.74 Å². The lowest BCUT2D eigenvalue weighted by molar-refractivity contribution is 0.0698. The summed E-state index contributed by atoms with van der Waals surface area (Å²) >= 11 is 0.963. The summed E-state index contributed by atoms with van der Waals surface area (Å²) in [5.41, 5.74) is 0. The quantitative estimate of drug-likeness (QED) is 0.874. The average Bonchev–Trinajstić information content (AvgIpc) is 2.84. The number of nitrogens with zero attached hydrogens (tertiary/aromatic N) is 1. The van der Waals surface area contributed by atoms with E-state index in [1.54, 1.807) is 24.3 Å². The molecule has 1 aromatic carbocycles. The van der Waals surface area contributed by atoms with Gasteiger partial charge in [-0.3, -0.25) is 0 Å². The van der Waals surface area contributed by atoms with Gasteiger partial charge in [-0.25, -0.2) is 13.2 Å². The molecule has 0 fully saturated rings. The van der Waals surface area contributed by atoms with Gasteiger partial charge in [-0.05, 0) is 6.07 Å². The van der Waals surface area contributed by atoms with Crippen LogP contribution >= 0.6 is 11.3 Å². The molecule has 0 aliphatic heterocycles. The predicted octanol–water partition coefficient (Wildman–Crippen LogP) is 1.87. The van der Waals surface area contributed by atoms with Crippen LogP contribution in [0.25, 0.3) is 10.1 Å². The van der Waals surface area contributed by atoms with Crippen molar-refractivity contribution in [3.8, 4) is 0 Å². The summed E-state index contributed by atoms with van der Waals surface area (Å²) in [6.45, 7) is 0.391. The minimum Gasteiger partial charge on any atom is -0.477 e. The van der Waals surface area contributed by atoms with Crippen molar-refractivity contribution in [2.75, 3.05) is 27.3 Å². The van der Waals surface area contributed by atoms with Gasteiger partial charge in [-0.15, -0.1) is 11.3 Å². The number of hydrogen-bond acceptors (Lipinski definition) is 5. The van der Waals surface area contributed by atoms with Crippen molar-refractivity contribution in [3.05, 3.63) is 29.1 Å². The molecule has 0 saturated carbocycles. The van der Waals surface area contributed by atoms with Crippen molar-refractivity contribution in [1.82, 2.24) is 4.31 Å². The van der Waals surface area contributed by atoms with Crippen LogP contribution in [0.1, 0.15) is 9.67 Å². The molecule has 0 amide bonds. The number of aromatic carboxylic acids is 1. The molecular weight excluding hydrogens is 314 g/mol. The normalized spacial score (nSPS) is 12.1. The fourth-order valence-corrected chi connectivity index (χ4v) is 4.76. The Kier molecular flexibility index (Phi) is 4.62. The number of carbonyl (C=O) groups is 1. The zero-order valence-electron chi connectivity index (χ0n) is 11.6. The monoisotopic (exact) mass is 329 g/mol. The SMILES string of the molecule is COCCN(C)S(=O)(=O)c1c(C(=O)O)sc2ccccc12. The Morgan fingerprint density at radius 2 is 2.05 bits per heavy atom. The average molecular weight is 329 g/mol. The first kappa shape index (κ1) is 15.9. The second kappa shape index (κ2) is 6.10. The van der Waals surface area contributed by atoms with E-state index < -0.39 is 16.0 Å².